The van der Waals surface area contributed by atoms with Crippen LogP contribution in [0.25, 0.3) is 10.9 Å². The number of aromatic nitrogens is 4. The van der Waals surface area contributed by atoms with Gasteiger partial charge in [0.2, 0.25) is 0 Å². The molecule has 0 unspecified atom stereocenters. The molecule has 7 nitrogen and oxygen atoms in total. The third-order valence-corrected chi connectivity index (χ3v) is 6.56. The third-order valence-electron chi connectivity index (χ3n) is 6.56. The third kappa shape index (κ3) is 7.03. The van der Waals surface area contributed by atoms with E-state index >= 15 is 0 Å². The van der Waals surface area contributed by atoms with Crippen LogP contribution >= 0.6 is 0 Å². The van der Waals surface area contributed by atoms with Gasteiger partial charge < -0.3 is 10.2 Å². The van der Waals surface area contributed by atoms with E-state index in [0.717, 1.165) is 40.7 Å². The van der Waals surface area contributed by atoms with E-state index < -0.39 is 0 Å². The Hall–Kier alpha value is -2.96. The predicted octanol–water partition coefficient (Wildman–Crippen LogP) is 5.51. The number of amides is 1. The lowest BCUT2D eigenvalue weighted by atomic mass is 9.83. The second-order valence-electron chi connectivity index (χ2n) is 11.1. The molecule has 1 aromatic carbocycles. The maximum atomic E-state index is 12.3. The Morgan fingerprint density at radius 1 is 1.09 bits per heavy atom. The van der Waals surface area contributed by atoms with Crippen LogP contribution in [0.2, 0.25) is 0 Å². The maximum Gasteiger partial charge on any atom is 0.271 e. The van der Waals surface area contributed by atoms with Crippen molar-refractivity contribution in [1.29, 1.82) is 0 Å². The van der Waals surface area contributed by atoms with Crippen LogP contribution in [0.15, 0.2) is 30.3 Å². The quantitative estimate of drug-likeness (QED) is 0.535. The Labute approximate surface area is 210 Å². The lowest BCUT2D eigenvalue weighted by Crippen LogP contribution is -2.32. The molecule has 4 rings (SSSR count). The summed E-state index contributed by atoms with van der Waals surface area (Å²) >= 11 is 0. The monoisotopic (exact) mass is 478 g/mol. The largest absolute Gasteiger partial charge is 0.362 e. The van der Waals surface area contributed by atoms with Crippen molar-refractivity contribution in [3.63, 3.8) is 0 Å². The second-order valence-corrected chi connectivity index (χ2v) is 11.1. The number of fused-ring (bicyclic) bond motifs is 1. The number of para-hydroxylation sites is 1. The standard InChI is InChI=1S/C17H29N3O.C11H13N3/c1-12-6-8-14(9-7-12)11-18-16(21)15-10-13(2)20(19-15)17(3,4)5;1-8-12-10-7-5-4-6-9(10)11(13-8)14(2)3/h10,12,14H,6-9,11H2,1-5H3,(H,18,21);4-7H,1-3H3. The van der Waals surface area contributed by atoms with Crippen LogP contribution in [-0.2, 0) is 5.54 Å². The molecule has 2 heterocycles. The van der Waals surface area contributed by atoms with Crippen molar-refractivity contribution in [3.8, 4) is 0 Å². The molecule has 1 N–H and O–H groups in total. The number of nitrogens with one attached hydrogen (secondary N) is 1. The van der Waals surface area contributed by atoms with E-state index in [1.807, 2.05) is 67.9 Å². The van der Waals surface area contributed by atoms with E-state index in [1.54, 1.807) is 0 Å². The first-order valence-electron chi connectivity index (χ1n) is 12.7. The Morgan fingerprint density at radius 2 is 1.74 bits per heavy atom. The van der Waals surface area contributed by atoms with Gasteiger partial charge in [0, 0.05) is 31.7 Å². The molecule has 3 aromatic rings. The summed E-state index contributed by atoms with van der Waals surface area (Å²) in [6.45, 7) is 13.3. The van der Waals surface area contributed by atoms with E-state index in [9.17, 15) is 4.79 Å². The Balaban J connectivity index is 0.000000211. The molecule has 1 fully saturated rings. The summed E-state index contributed by atoms with van der Waals surface area (Å²) in [6.07, 6.45) is 5.05. The molecule has 0 spiro atoms. The fourth-order valence-corrected chi connectivity index (χ4v) is 4.64. The van der Waals surface area contributed by atoms with E-state index in [4.69, 9.17) is 0 Å². The summed E-state index contributed by atoms with van der Waals surface area (Å²) in [7, 11) is 3.99. The van der Waals surface area contributed by atoms with Gasteiger partial charge in [-0.15, -0.1) is 0 Å². The molecule has 0 bridgehead atoms. The van der Waals surface area contributed by atoms with E-state index in [-0.39, 0.29) is 11.4 Å². The van der Waals surface area contributed by atoms with Crippen LogP contribution in [0.4, 0.5) is 5.82 Å². The summed E-state index contributed by atoms with van der Waals surface area (Å²) < 4.78 is 1.92. The molecule has 1 aliphatic carbocycles. The zero-order valence-electron chi connectivity index (χ0n) is 22.7. The van der Waals surface area contributed by atoms with Crippen molar-refractivity contribution in [3.05, 3.63) is 47.5 Å². The summed E-state index contributed by atoms with van der Waals surface area (Å²) in [5.74, 6) is 3.23. The van der Waals surface area contributed by atoms with Gasteiger partial charge in [0.05, 0.1) is 11.1 Å². The molecular formula is C28H42N6O. The molecule has 190 valence electrons. The van der Waals surface area contributed by atoms with Gasteiger partial charge in [0.25, 0.3) is 5.91 Å². The van der Waals surface area contributed by atoms with Crippen LogP contribution in [0, 0.1) is 25.7 Å². The summed E-state index contributed by atoms with van der Waals surface area (Å²) in [5, 5.41) is 8.62. The fourth-order valence-electron chi connectivity index (χ4n) is 4.64. The number of benzene rings is 1. The SMILES string of the molecule is Cc1cc(C(=O)NCC2CCC(C)CC2)nn1C(C)(C)C.Cc1nc(N(C)C)c2ccccc2n1. The van der Waals surface area contributed by atoms with Crippen LogP contribution in [0.5, 0.6) is 0 Å². The summed E-state index contributed by atoms with van der Waals surface area (Å²) in [4.78, 5) is 23.1. The summed E-state index contributed by atoms with van der Waals surface area (Å²) in [5.41, 5.74) is 2.47. The van der Waals surface area contributed by atoms with Crippen molar-refractivity contribution in [2.75, 3.05) is 25.5 Å². The number of aryl methyl sites for hydroxylation is 2. The molecule has 1 amide bonds. The Bertz CT molecular complexity index is 1140. The number of nitrogens with zero attached hydrogens (tertiary/aromatic N) is 5. The number of carbonyl (C=O) groups is 1. The molecule has 1 aliphatic rings. The van der Waals surface area contributed by atoms with Gasteiger partial charge in [-0.25, -0.2) is 9.97 Å². The molecule has 0 radical (unpaired) electrons. The zero-order chi connectivity index (χ0) is 25.8. The number of anilines is 1. The molecule has 2 aromatic heterocycles. The molecule has 7 heteroatoms. The van der Waals surface area contributed by atoms with E-state index in [2.05, 4.69) is 48.1 Å². The lowest BCUT2D eigenvalue weighted by molar-refractivity contribution is 0.0935. The maximum absolute atomic E-state index is 12.3. The minimum absolute atomic E-state index is 0.0419. The van der Waals surface area contributed by atoms with Crippen LogP contribution in [0.3, 0.4) is 0 Å². The highest BCUT2D eigenvalue weighted by Crippen LogP contribution is 2.27. The van der Waals surface area contributed by atoms with Crippen molar-refractivity contribution >= 4 is 22.6 Å². The van der Waals surface area contributed by atoms with Gasteiger partial charge in [-0.3, -0.25) is 9.48 Å². The summed E-state index contributed by atoms with van der Waals surface area (Å²) in [6, 6.07) is 9.94. The molecule has 1 saturated carbocycles. The first-order valence-corrected chi connectivity index (χ1v) is 12.7. The number of rotatable bonds is 4. The lowest BCUT2D eigenvalue weighted by Gasteiger charge is -2.26. The first-order chi connectivity index (χ1) is 16.5. The van der Waals surface area contributed by atoms with Crippen LogP contribution in [-0.4, -0.2) is 46.3 Å². The highest BCUT2D eigenvalue weighted by atomic mass is 16.1. The van der Waals surface area contributed by atoms with Gasteiger partial charge in [-0.2, -0.15) is 5.10 Å². The average Bonchev–Trinajstić information content (AvgIpc) is 3.20. The normalized spacial score (nSPS) is 18.1. The molecule has 35 heavy (non-hydrogen) atoms. The topological polar surface area (TPSA) is 75.9 Å². The van der Waals surface area contributed by atoms with Gasteiger partial charge in [0.1, 0.15) is 17.3 Å². The first kappa shape index (κ1) is 26.6. The zero-order valence-corrected chi connectivity index (χ0v) is 22.7. The molecular weight excluding hydrogens is 436 g/mol. The average molecular weight is 479 g/mol. The molecule has 0 aliphatic heterocycles. The van der Waals surface area contributed by atoms with Gasteiger partial charge in [-0.05, 0) is 77.5 Å². The smallest absolute Gasteiger partial charge is 0.271 e. The minimum atomic E-state index is -0.0951. The van der Waals surface area contributed by atoms with Crippen molar-refractivity contribution in [2.24, 2.45) is 11.8 Å². The predicted molar refractivity (Wildman–Crippen MR) is 144 cm³/mol. The van der Waals surface area contributed by atoms with Gasteiger partial charge in [0.15, 0.2) is 0 Å². The van der Waals surface area contributed by atoms with E-state index in [0.29, 0.717) is 11.6 Å². The van der Waals surface area contributed by atoms with Crippen molar-refractivity contribution in [2.45, 2.75) is 72.8 Å². The fraction of sp³-hybridized carbons (Fsp3) is 0.571. The molecule has 0 atom stereocenters. The van der Waals surface area contributed by atoms with Crippen molar-refractivity contribution < 1.29 is 4.79 Å². The van der Waals surface area contributed by atoms with Crippen LogP contribution < -0.4 is 10.2 Å². The highest BCUT2D eigenvalue weighted by molar-refractivity contribution is 5.92. The van der Waals surface area contributed by atoms with E-state index in [1.165, 1.54) is 25.7 Å². The minimum Gasteiger partial charge on any atom is -0.362 e. The number of hydrogen-bond acceptors (Lipinski definition) is 5. The number of carbonyl (C=O) groups excluding carboxylic acids is 1. The van der Waals surface area contributed by atoms with Gasteiger partial charge in [-0.1, -0.05) is 31.9 Å². The second kappa shape index (κ2) is 11.2. The Kier molecular flexibility index (Phi) is 8.51. The molecule has 0 saturated heterocycles. The van der Waals surface area contributed by atoms with Crippen molar-refractivity contribution in [1.82, 2.24) is 25.1 Å². The Morgan fingerprint density at radius 3 is 2.34 bits per heavy atom. The van der Waals surface area contributed by atoms with Crippen LogP contribution in [0.1, 0.15) is 75.4 Å². The van der Waals surface area contributed by atoms with Gasteiger partial charge >= 0.3 is 0 Å². The highest BCUT2D eigenvalue weighted by Gasteiger charge is 2.22. The number of hydrogen-bond donors (Lipinski definition) is 1.